The van der Waals surface area contributed by atoms with Gasteiger partial charge in [-0.05, 0) is 64.9 Å². The fourth-order valence-corrected chi connectivity index (χ4v) is 3.51. The number of aromatic nitrogens is 5. The van der Waals surface area contributed by atoms with E-state index in [9.17, 15) is 9.59 Å². The van der Waals surface area contributed by atoms with E-state index in [1.807, 2.05) is 6.07 Å². The fourth-order valence-electron chi connectivity index (χ4n) is 2.87. The highest BCUT2D eigenvalue weighted by atomic mass is 79.9. The Morgan fingerprint density at radius 2 is 1.90 bits per heavy atom. The van der Waals surface area contributed by atoms with Crippen LogP contribution in [-0.2, 0) is 11.3 Å². The second-order valence-electron chi connectivity index (χ2n) is 6.37. The first-order valence-electron chi connectivity index (χ1n) is 8.79. The molecule has 0 unspecified atom stereocenters. The predicted octanol–water partition coefficient (Wildman–Crippen LogP) is 3.75. The summed E-state index contributed by atoms with van der Waals surface area (Å²) in [4.78, 5) is 24.9. The first-order chi connectivity index (χ1) is 14.5. The van der Waals surface area contributed by atoms with Crippen molar-refractivity contribution in [3.05, 3.63) is 80.6 Å². The summed E-state index contributed by atoms with van der Waals surface area (Å²) in [5.74, 6) is 0.145. The highest BCUT2D eigenvalue weighted by Crippen LogP contribution is 2.30. The maximum atomic E-state index is 12.5. The second-order valence-corrected chi connectivity index (χ2v) is 7.66. The minimum absolute atomic E-state index is 0.109. The molecule has 0 radical (unpaired) electrons. The molecule has 2 N–H and O–H groups in total. The van der Waals surface area contributed by atoms with Gasteiger partial charge in [0.2, 0.25) is 11.7 Å². The summed E-state index contributed by atoms with van der Waals surface area (Å²) in [5.41, 5.74) is 2.59. The number of nitrogens with one attached hydrogen (secondary N) is 2. The predicted molar refractivity (Wildman–Crippen MR) is 117 cm³/mol. The van der Waals surface area contributed by atoms with E-state index in [2.05, 4.69) is 41.9 Å². The zero-order chi connectivity index (χ0) is 21.1. The van der Waals surface area contributed by atoms with Crippen molar-refractivity contribution in [3.63, 3.8) is 0 Å². The number of amides is 1. The zero-order valence-electron chi connectivity index (χ0n) is 15.3. The van der Waals surface area contributed by atoms with Gasteiger partial charge in [0, 0.05) is 33.0 Å². The fraction of sp³-hybridized carbons (Fsp3) is 0.0500. The van der Waals surface area contributed by atoms with E-state index in [1.54, 1.807) is 48.7 Å². The lowest BCUT2D eigenvalue weighted by atomic mass is 10.1. The Bertz CT molecular complexity index is 1260. The Morgan fingerprint density at radius 1 is 1.10 bits per heavy atom. The number of tetrazole rings is 1. The van der Waals surface area contributed by atoms with Crippen LogP contribution in [0.5, 0.6) is 0 Å². The Morgan fingerprint density at radius 3 is 2.60 bits per heavy atom. The van der Waals surface area contributed by atoms with Gasteiger partial charge in [0.25, 0.3) is 5.56 Å². The molecule has 0 atom stereocenters. The van der Waals surface area contributed by atoms with Crippen molar-refractivity contribution in [1.29, 1.82) is 0 Å². The van der Waals surface area contributed by atoms with Gasteiger partial charge in [-0.15, -0.1) is 10.2 Å². The number of hydrogen-bond donors (Lipinski definition) is 2. The number of hydrogen-bond acceptors (Lipinski definition) is 5. The van der Waals surface area contributed by atoms with E-state index in [0.717, 1.165) is 15.6 Å². The van der Waals surface area contributed by atoms with Crippen LogP contribution in [0.25, 0.3) is 22.5 Å². The van der Waals surface area contributed by atoms with Crippen LogP contribution in [0, 0.1) is 0 Å². The van der Waals surface area contributed by atoms with E-state index < -0.39 is 0 Å². The average Bonchev–Trinajstić information content (AvgIpc) is 3.27. The van der Waals surface area contributed by atoms with Crippen molar-refractivity contribution in [3.8, 4) is 22.5 Å². The smallest absolute Gasteiger partial charge is 0.251 e. The number of benzene rings is 2. The maximum Gasteiger partial charge on any atom is 0.251 e. The molecule has 0 aliphatic rings. The lowest BCUT2D eigenvalue weighted by Crippen LogP contribution is -2.26. The van der Waals surface area contributed by atoms with Crippen LogP contribution < -0.4 is 10.9 Å². The molecule has 1 amide bonds. The quantitative estimate of drug-likeness (QED) is 0.448. The lowest BCUT2D eigenvalue weighted by Gasteiger charge is -2.10. The normalized spacial score (nSPS) is 10.7. The molecular formula is C20H14BrClN6O2. The lowest BCUT2D eigenvalue weighted by molar-refractivity contribution is -0.116. The molecule has 0 spiro atoms. The van der Waals surface area contributed by atoms with Gasteiger partial charge >= 0.3 is 0 Å². The Balaban J connectivity index is 1.46. The molecule has 10 heteroatoms. The van der Waals surface area contributed by atoms with Crippen LogP contribution >= 0.6 is 27.5 Å². The standard InChI is InChI=1S/C20H14BrClN6O2/c21-17-6-3-14(22)10-16(17)13-7-8-28(19(30)9-13)11-18(29)23-15-4-1-12(2-5-15)20-24-26-27-25-20/h1-10H,11H2,(H,23,29)(H,24,25,26,27). The summed E-state index contributed by atoms with van der Waals surface area (Å²) >= 11 is 9.51. The number of rotatable bonds is 5. The number of aromatic amines is 1. The van der Waals surface area contributed by atoms with Crippen molar-refractivity contribution < 1.29 is 4.79 Å². The van der Waals surface area contributed by atoms with Gasteiger partial charge in [0.15, 0.2) is 0 Å². The molecular weight excluding hydrogens is 472 g/mol. The topological polar surface area (TPSA) is 106 Å². The molecule has 8 nitrogen and oxygen atoms in total. The SMILES string of the molecule is O=C(Cn1ccc(-c2cc(Cl)ccc2Br)cc1=O)Nc1ccc(-c2nn[nH]n2)cc1. The summed E-state index contributed by atoms with van der Waals surface area (Å²) < 4.78 is 2.16. The molecule has 30 heavy (non-hydrogen) atoms. The van der Waals surface area contributed by atoms with Crippen LogP contribution in [0.1, 0.15) is 0 Å². The van der Waals surface area contributed by atoms with E-state index >= 15 is 0 Å². The van der Waals surface area contributed by atoms with Gasteiger partial charge in [-0.1, -0.05) is 27.5 Å². The number of halogens is 2. The highest BCUT2D eigenvalue weighted by molar-refractivity contribution is 9.10. The maximum absolute atomic E-state index is 12.5. The largest absolute Gasteiger partial charge is 0.325 e. The van der Waals surface area contributed by atoms with Gasteiger partial charge in [-0.3, -0.25) is 9.59 Å². The van der Waals surface area contributed by atoms with Gasteiger partial charge in [-0.25, -0.2) is 0 Å². The van der Waals surface area contributed by atoms with E-state index in [1.165, 1.54) is 10.6 Å². The van der Waals surface area contributed by atoms with Crippen molar-refractivity contribution in [2.75, 3.05) is 5.32 Å². The van der Waals surface area contributed by atoms with Crippen molar-refractivity contribution in [2.24, 2.45) is 0 Å². The molecule has 0 saturated carbocycles. The molecule has 0 bridgehead atoms. The molecule has 0 aliphatic carbocycles. The first kappa shape index (κ1) is 20.0. The summed E-state index contributed by atoms with van der Waals surface area (Å²) in [6, 6.07) is 15.6. The molecule has 2 heterocycles. The Hall–Kier alpha value is -3.30. The summed E-state index contributed by atoms with van der Waals surface area (Å²) in [7, 11) is 0. The van der Waals surface area contributed by atoms with Crippen LogP contribution in [0.3, 0.4) is 0 Å². The third-order valence-electron chi connectivity index (χ3n) is 4.32. The summed E-state index contributed by atoms with van der Waals surface area (Å²) in [5, 5.41) is 17.0. The molecule has 2 aromatic carbocycles. The molecule has 0 fully saturated rings. The minimum Gasteiger partial charge on any atom is -0.325 e. The number of pyridine rings is 1. The summed E-state index contributed by atoms with van der Waals surface area (Å²) in [6.45, 7) is -0.109. The average molecular weight is 486 g/mol. The van der Waals surface area contributed by atoms with Crippen LogP contribution in [-0.4, -0.2) is 31.1 Å². The molecule has 2 aromatic heterocycles. The van der Waals surface area contributed by atoms with E-state index in [4.69, 9.17) is 11.6 Å². The summed E-state index contributed by atoms with van der Waals surface area (Å²) in [6.07, 6.45) is 1.59. The van der Waals surface area contributed by atoms with Gasteiger partial charge in [-0.2, -0.15) is 5.21 Å². The monoisotopic (exact) mass is 484 g/mol. The van der Waals surface area contributed by atoms with Crippen molar-refractivity contribution in [1.82, 2.24) is 25.2 Å². The Labute approximate surface area is 184 Å². The first-order valence-corrected chi connectivity index (χ1v) is 9.96. The molecule has 4 aromatic rings. The van der Waals surface area contributed by atoms with Gasteiger partial charge < -0.3 is 9.88 Å². The van der Waals surface area contributed by atoms with Crippen LogP contribution in [0.4, 0.5) is 5.69 Å². The number of carbonyl (C=O) groups is 1. The number of nitrogens with zero attached hydrogens (tertiary/aromatic N) is 4. The number of H-pyrrole nitrogens is 1. The second kappa shape index (κ2) is 8.60. The van der Waals surface area contributed by atoms with Crippen LogP contribution in [0.2, 0.25) is 5.02 Å². The molecule has 4 rings (SSSR count). The molecule has 150 valence electrons. The number of anilines is 1. The van der Waals surface area contributed by atoms with Crippen LogP contribution in [0.15, 0.2) is 70.1 Å². The minimum atomic E-state index is -0.318. The van der Waals surface area contributed by atoms with E-state index in [0.29, 0.717) is 22.1 Å². The van der Waals surface area contributed by atoms with Gasteiger partial charge in [0.05, 0.1) is 0 Å². The molecule has 0 aliphatic heterocycles. The Kier molecular flexibility index (Phi) is 5.73. The third kappa shape index (κ3) is 4.47. The van der Waals surface area contributed by atoms with Crippen molar-refractivity contribution in [2.45, 2.75) is 6.54 Å². The van der Waals surface area contributed by atoms with E-state index in [-0.39, 0.29) is 18.0 Å². The molecule has 0 saturated heterocycles. The zero-order valence-corrected chi connectivity index (χ0v) is 17.7. The number of carbonyl (C=O) groups excluding carboxylic acids is 1. The van der Waals surface area contributed by atoms with Crippen molar-refractivity contribution >= 4 is 39.1 Å². The third-order valence-corrected chi connectivity index (χ3v) is 5.25. The van der Waals surface area contributed by atoms with Gasteiger partial charge in [0.1, 0.15) is 6.54 Å². The highest BCUT2D eigenvalue weighted by Gasteiger charge is 2.10.